The molecule has 0 saturated heterocycles. The van der Waals surface area contributed by atoms with Gasteiger partial charge in [-0.1, -0.05) is 20.8 Å². The second kappa shape index (κ2) is 6.40. The average molecular weight is 201 g/mol. The van der Waals surface area contributed by atoms with E-state index in [4.69, 9.17) is 4.74 Å². The quantitative estimate of drug-likeness (QED) is 0.678. The lowest BCUT2D eigenvalue weighted by atomic mass is 10.0. The van der Waals surface area contributed by atoms with Gasteiger partial charge in [0.1, 0.15) is 6.04 Å². The number of rotatable bonds is 5. The van der Waals surface area contributed by atoms with E-state index in [-0.39, 0.29) is 17.8 Å². The van der Waals surface area contributed by atoms with Crippen LogP contribution in [0.5, 0.6) is 0 Å². The molecule has 0 aromatic heterocycles. The van der Waals surface area contributed by atoms with Crippen molar-refractivity contribution in [3.05, 3.63) is 0 Å². The number of carbonyl (C=O) groups is 2. The van der Waals surface area contributed by atoms with Gasteiger partial charge in [-0.25, -0.2) is 4.79 Å². The molecule has 0 fully saturated rings. The number of esters is 1. The SMILES string of the molecule is CCCOC(=O)C(NC(C)=O)C(C)C. The van der Waals surface area contributed by atoms with Crippen molar-refractivity contribution in [3.63, 3.8) is 0 Å². The van der Waals surface area contributed by atoms with Crippen molar-refractivity contribution in [2.45, 2.75) is 40.2 Å². The summed E-state index contributed by atoms with van der Waals surface area (Å²) in [5.74, 6) is -0.516. The third-order valence-electron chi connectivity index (χ3n) is 1.73. The standard InChI is InChI=1S/C10H19NO3/c1-5-6-14-10(13)9(7(2)3)11-8(4)12/h7,9H,5-6H2,1-4H3,(H,11,12). The van der Waals surface area contributed by atoms with Crippen LogP contribution in [-0.4, -0.2) is 24.5 Å². The molecule has 0 aromatic carbocycles. The molecule has 0 aliphatic carbocycles. The van der Waals surface area contributed by atoms with E-state index in [0.29, 0.717) is 6.61 Å². The van der Waals surface area contributed by atoms with E-state index >= 15 is 0 Å². The van der Waals surface area contributed by atoms with Crippen LogP contribution in [-0.2, 0) is 14.3 Å². The van der Waals surface area contributed by atoms with Crippen molar-refractivity contribution < 1.29 is 14.3 Å². The third-order valence-corrected chi connectivity index (χ3v) is 1.73. The molecular weight excluding hydrogens is 182 g/mol. The van der Waals surface area contributed by atoms with Crippen molar-refractivity contribution in [3.8, 4) is 0 Å². The van der Waals surface area contributed by atoms with Crippen LogP contribution in [0.3, 0.4) is 0 Å². The maximum absolute atomic E-state index is 11.4. The Morgan fingerprint density at radius 3 is 2.29 bits per heavy atom. The van der Waals surface area contributed by atoms with Crippen LogP contribution >= 0.6 is 0 Å². The summed E-state index contributed by atoms with van der Waals surface area (Å²) in [5, 5.41) is 2.57. The van der Waals surface area contributed by atoms with Crippen molar-refractivity contribution >= 4 is 11.9 Å². The van der Waals surface area contributed by atoms with Crippen LogP contribution in [0.2, 0.25) is 0 Å². The highest BCUT2D eigenvalue weighted by Crippen LogP contribution is 2.04. The Balaban J connectivity index is 4.19. The van der Waals surface area contributed by atoms with E-state index in [2.05, 4.69) is 5.32 Å². The summed E-state index contributed by atoms with van der Waals surface area (Å²) in [7, 11) is 0. The molecule has 4 nitrogen and oxygen atoms in total. The highest BCUT2D eigenvalue weighted by Gasteiger charge is 2.23. The lowest BCUT2D eigenvalue weighted by molar-refractivity contribution is -0.149. The molecule has 14 heavy (non-hydrogen) atoms. The Morgan fingerprint density at radius 1 is 1.36 bits per heavy atom. The molecule has 0 aliphatic heterocycles. The molecular formula is C10H19NO3. The molecule has 0 rings (SSSR count). The van der Waals surface area contributed by atoms with Gasteiger partial charge >= 0.3 is 5.97 Å². The van der Waals surface area contributed by atoms with Gasteiger partial charge in [-0.05, 0) is 12.3 Å². The Hall–Kier alpha value is -1.06. The molecule has 0 aromatic rings. The van der Waals surface area contributed by atoms with Crippen molar-refractivity contribution in [2.24, 2.45) is 5.92 Å². The largest absolute Gasteiger partial charge is 0.464 e. The molecule has 0 aliphatic rings. The highest BCUT2D eigenvalue weighted by atomic mass is 16.5. The summed E-state index contributed by atoms with van der Waals surface area (Å²) < 4.78 is 4.96. The number of hydrogen-bond donors (Lipinski definition) is 1. The molecule has 0 saturated carbocycles. The van der Waals surface area contributed by atoms with E-state index < -0.39 is 6.04 Å². The zero-order valence-corrected chi connectivity index (χ0v) is 9.29. The monoisotopic (exact) mass is 201 g/mol. The molecule has 1 amide bonds. The van der Waals surface area contributed by atoms with Crippen LogP contribution in [0.1, 0.15) is 34.1 Å². The van der Waals surface area contributed by atoms with Crippen molar-refractivity contribution in [1.29, 1.82) is 0 Å². The fraction of sp³-hybridized carbons (Fsp3) is 0.800. The smallest absolute Gasteiger partial charge is 0.328 e. The first-order chi connectivity index (χ1) is 6.49. The Bertz CT molecular complexity index is 202. The van der Waals surface area contributed by atoms with Crippen LogP contribution in [0.4, 0.5) is 0 Å². The van der Waals surface area contributed by atoms with E-state index in [1.165, 1.54) is 6.92 Å². The molecule has 0 spiro atoms. The van der Waals surface area contributed by atoms with Gasteiger partial charge in [0, 0.05) is 6.92 Å². The summed E-state index contributed by atoms with van der Waals surface area (Å²) in [4.78, 5) is 22.3. The lowest BCUT2D eigenvalue weighted by Crippen LogP contribution is -2.44. The molecule has 0 bridgehead atoms. The number of carbonyl (C=O) groups excluding carboxylic acids is 2. The van der Waals surface area contributed by atoms with Gasteiger partial charge in [-0.15, -0.1) is 0 Å². The number of nitrogens with one attached hydrogen (secondary N) is 1. The number of hydrogen-bond acceptors (Lipinski definition) is 3. The minimum atomic E-state index is -0.529. The van der Waals surface area contributed by atoms with Crippen LogP contribution in [0, 0.1) is 5.92 Å². The maximum Gasteiger partial charge on any atom is 0.328 e. The van der Waals surface area contributed by atoms with Gasteiger partial charge < -0.3 is 10.1 Å². The molecule has 4 heteroatoms. The van der Waals surface area contributed by atoms with E-state index in [9.17, 15) is 9.59 Å². The van der Waals surface area contributed by atoms with Crippen LogP contribution in [0.15, 0.2) is 0 Å². The van der Waals surface area contributed by atoms with E-state index in [1.54, 1.807) is 0 Å². The van der Waals surface area contributed by atoms with Gasteiger partial charge in [-0.2, -0.15) is 0 Å². The predicted molar refractivity (Wildman–Crippen MR) is 53.7 cm³/mol. The first kappa shape index (κ1) is 12.9. The van der Waals surface area contributed by atoms with E-state index in [0.717, 1.165) is 6.42 Å². The first-order valence-corrected chi connectivity index (χ1v) is 4.92. The lowest BCUT2D eigenvalue weighted by Gasteiger charge is -2.19. The number of ether oxygens (including phenoxy) is 1. The van der Waals surface area contributed by atoms with Crippen LogP contribution in [0.25, 0.3) is 0 Å². The topological polar surface area (TPSA) is 55.4 Å². The van der Waals surface area contributed by atoms with Gasteiger partial charge in [0.15, 0.2) is 0 Å². The van der Waals surface area contributed by atoms with Crippen molar-refractivity contribution in [1.82, 2.24) is 5.32 Å². The van der Waals surface area contributed by atoms with E-state index in [1.807, 2.05) is 20.8 Å². The minimum Gasteiger partial charge on any atom is -0.464 e. The minimum absolute atomic E-state index is 0.0447. The molecule has 1 unspecified atom stereocenters. The zero-order chi connectivity index (χ0) is 11.1. The highest BCUT2D eigenvalue weighted by molar-refractivity contribution is 5.83. The summed E-state index contributed by atoms with van der Waals surface area (Å²) in [6.45, 7) is 7.46. The van der Waals surface area contributed by atoms with Gasteiger partial charge in [0.05, 0.1) is 6.61 Å². The molecule has 82 valence electrons. The Labute approximate surface area is 85.0 Å². The zero-order valence-electron chi connectivity index (χ0n) is 9.29. The van der Waals surface area contributed by atoms with Gasteiger partial charge in [0.25, 0.3) is 0 Å². The molecule has 0 radical (unpaired) electrons. The average Bonchev–Trinajstić information content (AvgIpc) is 2.09. The summed E-state index contributed by atoms with van der Waals surface area (Å²) >= 11 is 0. The van der Waals surface area contributed by atoms with Crippen LogP contribution < -0.4 is 5.32 Å². The summed E-state index contributed by atoms with van der Waals surface area (Å²) in [6.07, 6.45) is 0.788. The summed E-state index contributed by atoms with van der Waals surface area (Å²) in [5.41, 5.74) is 0. The maximum atomic E-state index is 11.4. The Kier molecular flexibility index (Phi) is 5.92. The second-order valence-electron chi connectivity index (χ2n) is 3.59. The van der Waals surface area contributed by atoms with Gasteiger partial charge in [-0.3, -0.25) is 4.79 Å². The fourth-order valence-corrected chi connectivity index (χ4v) is 1.01. The van der Waals surface area contributed by atoms with Gasteiger partial charge in [0.2, 0.25) is 5.91 Å². The molecule has 0 heterocycles. The van der Waals surface area contributed by atoms with Crippen molar-refractivity contribution in [2.75, 3.05) is 6.61 Å². The third kappa shape index (κ3) is 4.84. The predicted octanol–water partition coefficient (Wildman–Crippen LogP) is 1.10. The summed E-state index contributed by atoms with van der Waals surface area (Å²) in [6, 6.07) is -0.529. The normalized spacial score (nSPS) is 12.4. The Morgan fingerprint density at radius 2 is 1.93 bits per heavy atom. The second-order valence-corrected chi connectivity index (χ2v) is 3.59. The first-order valence-electron chi connectivity index (χ1n) is 4.92. The number of amides is 1. The fourth-order valence-electron chi connectivity index (χ4n) is 1.01. The molecule has 1 N–H and O–H groups in total. The molecule has 1 atom stereocenters.